The van der Waals surface area contributed by atoms with Gasteiger partial charge in [-0.3, -0.25) is 4.79 Å². The van der Waals surface area contributed by atoms with Gasteiger partial charge in [0.25, 0.3) is 0 Å². The van der Waals surface area contributed by atoms with Crippen LogP contribution in [0.15, 0.2) is 54.9 Å². The molecule has 1 aromatic heterocycles. The molecular weight excluding hydrogens is 357 g/mol. The summed E-state index contributed by atoms with van der Waals surface area (Å²) in [5.74, 6) is 0.990. The third-order valence-electron chi connectivity index (χ3n) is 4.37. The number of aromatic nitrogens is 2. The normalized spacial score (nSPS) is 10.7. The number of halogens is 1. The number of imidazole rings is 1. The molecule has 1 amide bonds. The van der Waals surface area contributed by atoms with Crippen LogP contribution in [0, 0.1) is 19.7 Å². The van der Waals surface area contributed by atoms with Gasteiger partial charge in [0, 0.05) is 24.5 Å². The van der Waals surface area contributed by atoms with Crippen LogP contribution in [0.1, 0.15) is 30.7 Å². The van der Waals surface area contributed by atoms with Gasteiger partial charge in [-0.25, -0.2) is 9.37 Å². The Labute approximate surface area is 164 Å². The maximum absolute atomic E-state index is 14.4. The maximum atomic E-state index is 14.4. The molecule has 0 bridgehead atoms. The van der Waals surface area contributed by atoms with Crippen LogP contribution < -0.4 is 10.1 Å². The SMILES string of the molecule is Cc1cccc(OCCCCC(=O)Nc2ccc(-n3ccnc3C)c(F)c2)c1. The highest BCUT2D eigenvalue weighted by molar-refractivity contribution is 5.90. The van der Waals surface area contributed by atoms with E-state index in [4.69, 9.17) is 4.74 Å². The summed E-state index contributed by atoms with van der Waals surface area (Å²) >= 11 is 0. The van der Waals surface area contributed by atoms with E-state index < -0.39 is 5.82 Å². The van der Waals surface area contributed by atoms with Crippen molar-refractivity contribution in [3.8, 4) is 11.4 Å². The highest BCUT2D eigenvalue weighted by Crippen LogP contribution is 2.20. The number of unbranched alkanes of at least 4 members (excludes halogenated alkanes) is 1. The Kier molecular flexibility index (Phi) is 6.42. The maximum Gasteiger partial charge on any atom is 0.224 e. The van der Waals surface area contributed by atoms with Crippen LogP contribution >= 0.6 is 0 Å². The lowest BCUT2D eigenvalue weighted by Crippen LogP contribution is -2.12. The third-order valence-corrected chi connectivity index (χ3v) is 4.37. The summed E-state index contributed by atoms with van der Waals surface area (Å²) < 4.78 is 21.7. The van der Waals surface area contributed by atoms with Crippen LogP contribution in [0.4, 0.5) is 10.1 Å². The van der Waals surface area contributed by atoms with Crippen LogP contribution in [-0.2, 0) is 4.79 Å². The summed E-state index contributed by atoms with van der Waals surface area (Å²) in [6, 6.07) is 12.5. The van der Waals surface area contributed by atoms with Crippen molar-refractivity contribution in [2.75, 3.05) is 11.9 Å². The average Bonchev–Trinajstić information content (AvgIpc) is 3.07. The summed E-state index contributed by atoms with van der Waals surface area (Å²) in [5, 5.41) is 2.74. The second-order valence-electron chi connectivity index (χ2n) is 6.68. The van der Waals surface area contributed by atoms with E-state index in [0.717, 1.165) is 17.7 Å². The molecule has 146 valence electrons. The van der Waals surface area contributed by atoms with Gasteiger partial charge in [-0.05, 0) is 62.6 Å². The minimum absolute atomic E-state index is 0.137. The van der Waals surface area contributed by atoms with Gasteiger partial charge in [0.2, 0.25) is 5.91 Å². The summed E-state index contributed by atoms with van der Waals surface area (Å²) in [6.45, 7) is 4.38. The van der Waals surface area contributed by atoms with Crippen LogP contribution in [0.3, 0.4) is 0 Å². The molecule has 0 radical (unpaired) electrons. The van der Waals surface area contributed by atoms with Crippen LogP contribution in [-0.4, -0.2) is 22.1 Å². The molecule has 6 heteroatoms. The van der Waals surface area contributed by atoms with Crippen molar-refractivity contribution < 1.29 is 13.9 Å². The zero-order valence-electron chi connectivity index (χ0n) is 16.1. The lowest BCUT2D eigenvalue weighted by molar-refractivity contribution is -0.116. The first-order valence-corrected chi connectivity index (χ1v) is 9.32. The second-order valence-corrected chi connectivity index (χ2v) is 6.68. The van der Waals surface area contributed by atoms with E-state index in [1.165, 1.54) is 6.07 Å². The fraction of sp³-hybridized carbons (Fsp3) is 0.273. The second kappa shape index (κ2) is 9.17. The van der Waals surface area contributed by atoms with Crippen molar-refractivity contribution in [2.45, 2.75) is 33.1 Å². The minimum Gasteiger partial charge on any atom is -0.494 e. The number of anilines is 1. The predicted molar refractivity (Wildman–Crippen MR) is 107 cm³/mol. The molecule has 0 spiro atoms. The lowest BCUT2D eigenvalue weighted by Gasteiger charge is -2.10. The van der Waals surface area contributed by atoms with Crippen LogP contribution in [0.25, 0.3) is 5.69 Å². The first-order valence-electron chi connectivity index (χ1n) is 9.32. The summed E-state index contributed by atoms with van der Waals surface area (Å²) in [6.07, 6.45) is 5.15. The number of rotatable bonds is 8. The molecule has 0 saturated carbocycles. The molecule has 0 aliphatic heterocycles. The van der Waals surface area contributed by atoms with Crippen molar-refractivity contribution in [2.24, 2.45) is 0 Å². The highest BCUT2D eigenvalue weighted by atomic mass is 19.1. The number of hydrogen-bond donors (Lipinski definition) is 1. The molecule has 28 heavy (non-hydrogen) atoms. The molecule has 3 aromatic rings. The molecule has 3 rings (SSSR count). The van der Waals surface area contributed by atoms with Gasteiger partial charge in [0.15, 0.2) is 0 Å². The van der Waals surface area contributed by atoms with Gasteiger partial charge >= 0.3 is 0 Å². The predicted octanol–water partition coefficient (Wildman–Crippen LogP) is 4.82. The zero-order valence-corrected chi connectivity index (χ0v) is 16.1. The van der Waals surface area contributed by atoms with E-state index in [2.05, 4.69) is 10.3 Å². The average molecular weight is 381 g/mol. The van der Waals surface area contributed by atoms with E-state index in [1.54, 1.807) is 36.0 Å². The van der Waals surface area contributed by atoms with Gasteiger partial charge in [0.1, 0.15) is 17.4 Å². The Morgan fingerprint density at radius 2 is 2.04 bits per heavy atom. The molecule has 0 aliphatic carbocycles. The molecule has 0 fully saturated rings. The number of nitrogens with zero attached hydrogens (tertiary/aromatic N) is 2. The largest absolute Gasteiger partial charge is 0.494 e. The van der Waals surface area contributed by atoms with Gasteiger partial charge in [-0.1, -0.05) is 12.1 Å². The summed E-state index contributed by atoms with van der Waals surface area (Å²) in [4.78, 5) is 16.2. The topological polar surface area (TPSA) is 56.1 Å². The number of aryl methyl sites for hydroxylation is 2. The van der Waals surface area contributed by atoms with E-state index in [9.17, 15) is 9.18 Å². The van der Waals surface area contributed by atoms with Crippen molar-refractivity contribution >= 4 is 11.6 Å². The van der Waals surface area contributed by atoms with E-state index in [1.807, 2.05) is 31.2 Å². The Balaban J connectivity index is 1.43. The number of nitrogens with one attached hydrogen (secondary N) is 1. The van der Waals surface area contributed by atoms with Gasteiger partial charge in [-0.15, -0.1) is 0 Å². The van der Waals surface area contributed by atoms with Crippen molar-refractivity contribution in [3.63, 3.8) is 0 Å². The summed E-state index contributed by atoms with van der Waals surface area (Å²) in [7, 11) is 0. The zero-order chi connectivity index (χ0) is 19.9. The van der Waals surface area contributed by atoms with E-state index >= 15 is 0 Å². The molecule has 1 heterocycles. The molecule has 0 aliphatic rings. The van der Waals surface area contributed by atoms with Crippen LogP contribution in [0.2, 0.25) is 0 Å². The molecule has 0 atom stereocenters. The molecule has 2 aromatic carbocycles. The van der Waals surface area contributed by atoms with Crippen molar-refractivity contribution in [1.29, 1.82) is 0 Å². The smallest absolute Gasteiger partial charge is 0.224 e. The number of hydrogen-bond acceptors (Lipinski definition) is 3. The third kappa shape index (κ3) is 5.19. The van der Waals surface area contributed by atoms with E-state index in [-0.39, 0.29) is 5.91 Å². The minimum atomic E-state index is -0.412. The monoisotopic (exact) mass is 381 g/mol. The standard InChI is InChI=1S/C22H24FN3O2/c1-16-6-5-7-19(14-16)28-13-4-3-8-22(27)25-18-9-10-21(20(23)15-18)26-12-11-24-17(26)2/h5-7,9-12,14-15H,3-4,8,13H2,1-2H3,(H,25,27). The van der Waals surface area contributed by atoms with Gasteiger partial charge < -0.3 is 14.6 Å². The first kappa shape index (κ1) is 19.6. The van der Waals surface area contributed by atoms with Gasteiger partial charge in [-0.2, -0.15) is 0 Å². The Morgan fingerprint density at radius 1 is 1.18 bits per heavy atom. The summed E-state index contributed by atoms with van der Waals surface area (Å²) in [5.41, 5.74) is 2.00. The number of carbonyl (C=O) groups excluding carboxylic acids is 1. The molecule has 1 N–H and O–H groups in total. The molecule has 0 saturated heterocycles. The molecule has 0 unspecified atom stereocenters. The fourth-order valence-electron chi connectivity index (χ4n) is 2.92. The Bertz CT molecular complexity index is 952. The van der Waals surface area contributed by atoms with E-state index in [0.29, 0.717) is 36.6 Å². The number of ether oxygens (including phenoxy) is 1. The molecule has 5 nitrogen and oxygen atoms in total. The number of amides is 1. The van der Waals surface area contributed by atoms with Crippen molar-refractivity contribution in [1.82, 2.24) is 9.55 Å². The van der Waals surface area contributed by atoms with Crippen molar-refractivity contribution in [3.05, 3.63) is 72.1 Å². The van der Waals surface area contributed by atoms with Gasteiger partial charge in [0.05, 0.1) is 12.3 Å². The highest BCUT2D eigenvalue weighted by Gasteiger charge is 2.09. The quantitative estimate of drug-likeness (QED) is 0.570. The number of benzene rings is 2. The lowest BCUT2D eigenvalue weighted by atomic mass is 10.2. The Morgan fingerprint density at radius 3 is 2.75 bits per heavy atom. The Hall–Kier alpha value is -3.15. The molecular formula is C22H24FN3O2. The first-order chi connectivity index (χ1) is 13.5. The number of carbonyl (C=O) groups is 1. The fourth-order valence-corrected chi connectivity index (χ4v) is 2.92. The van der Waals surface area contributed by atoms with Crippen LogP contribution in [0.5, 0.6) is 5.75 Å².